The second-order valence-corrected chi connectivity index (χ2v) is 8.41. The van der Waals surface area contributed by atoms with E-state index in [4.69, 9.17) is 5.14 Å². The van der Waals surface area contributed by atoms with E-state index in [2.05, 4.69) is 10.2 Å². The Hall–Kier alpha value is -2.17. The summed E-state index contributed by atoms with van der Waals surface area (Å²) in [5.74, 6) is 0.167. The molecule has 27 heavy (non-hydrogen) atoms. The summed E-state index contributed by atoms with van der Waals surface area (Å²) in [6.07, 6.45) is 2.16. The number of carbonyl (C=O) groups is 2. The molecule has 148 valence electrons. The number of carbonyl (C=O) groups excluding carboxylic acids is 2. The van der Waals surface area contributed by atoms with Crippen LogP contribution in [0, 0.1) is 0 Å². The van der Waals surface area contributed by atoms with Gasteiger partial charge in [-0.1, -0.05) is 0 Å². The van der Waals surface area contributed by atoms with Gasteiger partial charge in [0, 0.05) is 45.0 Å². The average Bonchev–Trinajstić information content (AvgIpc) is 3.17. The van der Waals surface area contributed by atoms with Crippen LogP contribution >= 0.6 is 0 Å². The lowest BCUT2D eigenvalue weighted by Crippen LogP contribution is -2.52. The molecular weight excluding hydrogens is 370 g/mol. The molecule has 0 unspecified atom stereocenters. The molecule has 1 aromatic rings. The van der Waals surface area contributed by atoms with Gasteiger partial charge in [-0.25, -0.2) is 18.4 Å². The summed E-state index contributed by atoms with van der Waals surface area (Å²) < 4.78 is 22.5. The first kappa shape index (κ1) is 19.6. The highest BCUT2D eigenvalue weighted by Gasteiger charge is 2.25. The fourth-order valence-electron chi connectivity index (χ4n) is 3.30. The normalized spacial score (nSPS) is 18.6. The maximum Gasteiger partial charge on any atom is 0.321 e. The minimum absolute atomic E-state index is 0.00298. The molecule has 2 saturated heterocycles. The topological polar surface area (TPSA) is 116 Å². The molecule has 3 amide bonds. The molecule has 0 aliphatic carbocycles. The molecule has 9 nitrogen and oxygen atoms in total. The third-order valence-electron chi connectivity index (χ3n) is 4.91. The fraction of sp³-hybridized carbons (Fsp3) is 0.529. The minimum Gasteiger partial charge on any atom is -0.342 e. The molecular formula is C17H25N5O4S. The van der Waals surface area contributed by atoms with Crippen LogP contribution in [0.5, 0.6) is 0 Å². The number of nitrogens with one attached hydrogen (secondary N) is 1. The zero-order valence-corrected chi connectivity index (χ0v) is 16.0. The van der Waals surface area contributed by atoms with E-state index in [0.29, 0.717) is 38.4 Å². The van der Waals surface area contributed by atoms with E-state index in [1.54, 1.807) is 4.90 Å². The Bertz CT molecular complexity index is 782. The Kier molecular flexibility index (Phi) is 5.98. The predicted molar refractivity (Wildman–Crippen MR) is 101 cm³/mol. The molecule has 0 atom stereocenters. The molecule has 0 radical (unpaired) electrons. The molecule has 0 saturated carbocycles. The fourth-order valence-corrected chi connectivity index (χ4v) is 3.81. The zero-order valence-electron chi connectivity index (χ0n) is 15.1. The molecule has 0 bridgehead atoms. The van der Waals surface area contributed by atoms with Crippen molar-refractivity contribution in [2.75, 3.05) is 51.1 Å². The van der Waals surface area contributed by atoms with Gasteiger partial charge in [0.05, 0.1) is 11.4 Å². The number of urea groups is 1. The maximum atomic E-state index is 12.4. The number of hydrogen-bond donors (Lipinski definition) is 2. The Morgan fingerprint density at radius 2 is 1.52 bits per heavy atom. The van der Waals surface area contributed by atoms with Crippen molar-refractivity contribution >= 4 is 27.6 Å². The molecule has 3 N–H and O–H groups in total. The number of primary sulfonamides is 1. The van der Waals surface area contributed by atoms with Crippen molar-refractivity contribution in [1.82, 2.24) is 14.7 Å². The Labute approximate surface area is 159 Å². The minimum atomic E-state index is -3.75. The first-order valence-electron chi connectivity index (χ1n) is 9.02. The Balaban J connectivity index is 1.46. The van der Waals surface area contributed by atoms with Gasteiger partial charge in [0.15, 0.2) is 0 Å². The Morgan fingerprint density at radius 1 is 0.926 bits per heavy atom. The number of hydrogen-bond acceptors (Lipinski definition) is 5. The second-order valence-electron chi connectivity index (χ2n) is 6.85. The van der Waals surface area contributed by atoms with Crippen LogP contribution in [0.3, 0.4) is 0 Å². The summed E-state index contributed by atoms with van der Waals surface area (Å²) in [4.78, 5) is 30.2. The quantitative estimate of drug-likeness (QED) is 0.750. The molecule has 3 rings (SSSR count). The van der Waals surface area contributed by atoms with Crippen molar-refractivity contribution in [3.63, 3.8) is 0 Å². The van der Waals surface area contributed by atoms with E-state index >= 15 is 0 Å². The van der Waals surface area contributed by atoms with Crippen molar-refractivity contribution in [3.05, 3.63) is 24.3 Å². The van der Waals surface area contributed by atoms with Crippen molar-refractivity contribution in [1.29, 1.82) is 0 Å². The lowest BCUT2D eigenvalue weighted by Gasteiger charge is -2.35. The van der Waals surface area contributed by atoms with Crippen molar-refractivity contribution in [2.24, 2.45) is 5.14 Å². The van der Waals surface area contributed by atoms with E-state index < -0.39 is 10.0 Å². The summed E-state index contributed by atoms with van der Waals surface area (Å²) in [7, 11) is -3.75. The zero-order chi connectivity index (χ0) is 19.4. The van der Waals surface area contributed by atoms with Gasteiger partial charge in [0.2, 0.25) is 15.9 Å². The van der Waals surface area contributed by atoms with Gasteiger partial charge in [-0.05, 0) is 37.1 Å². The third kappa shape index (κ3) is 5.18. The van der Waals surface area contributed by atoms with Gasteiger partial charge in [-0.3, -0.25) is 9.69 Å². The molecule has 2 heterocycles. The number of nitrogens with two attached hydrogens (primary N) is 1. The van der Waals surface area contributed by atoms with E-state index in [-0.39, 0.29) is 16.8 Å². The highest BCUT2D eigenvalue weighted by molar-refractivity contribution is 7.89. The number of sulfonamides is 1. The number of rotatable bonds is 4. The summed E-state index contributed by atoms with van der Waals surface area (Å²) in [5, 5.41) is 7.81. The number of anilines is 1. The van der Waals surface area contributed by atoms with Crippen LogP contribution in [0.2, 0.25) is 0 Å². The van der Waals surface area contributed by atoms with Crippen LogP contribution in [-0.4, -0.2) is 80.9 Å². The highest BCUT2D eigenvalue weighted by atomic mass is 32.2. The molecule has 2 fully saturated rings. The molecule has 0 spiro atoms. The summed E-state index contributed by atoms with van der Waals surface area (Å²) in [6, 6.07) is 5.47. The van der Waals surface area contributed by atoms with Crippen molar-refractivity contribution < 1.29 is 18.0 Å². The maximum absolute atomic E-state index is 12.4. The standard InChI is InChI=1S/C17H25N5O4S/c18-27(25,26)15-5-3-14(4-6-15)19-17(24)22-11-9-20(10-12-22)13-16(23)21-7-1-2-8-21/h3-6H,1-2,7-13H2,(H,19,24)(H2,18,25,26). The molecule has 10 heteroatoms. The van der Waals surface area contributed by atoms with Gasteiger partial charge in [-0.2, -0.15) is 0 Å². The second kappa shape index (κ2) is 8.24. The van der Waals surface area contributed by atoms with Gasteiger partial charge in [0.25, 0.3) is 0 Å². The number of nitrogens with zero attached hydrogens (tertiary/aromatic N) is 3. The largest absolute Gasteiger partial charge is 0.342 e. The van der Waals surface area contributed by atoms with E-state index in [0.717, 1.165) is 25.9 Å². The number of benzene rings is 1. The highest BCUT2D eigenvalue weighted by Crippen LogP contribution is 2.14. The third-order valence-corrected chi connectivity index (χ3v) is 5.84. The van der Waals surface area contributed by atoms with Gasteiger partial charge in [0.1, 0.15) is 0 Å². The van der Waals surface area contributed by atoms with Crippen molar-refractivity contribution in [2.45, 2.75) is 17.7 Å². The van der Waals surface area contributed by atoms with E-state index in [9.17, 15) is 18.0 Å². The SMILES string of the molecule is NS(=O)(=O)c1ccc(NC(=O)N2CCN(CC(=O)N3CCCC3)CC2)cc1. The van der Waals surface area contributed by atoms with Crippen molar-refractivity contribution in [3.8, 4) is 0 Å². The smallest absolute Gasteiger partial charge is 0.321 e. The average molecular weight is 395 g/mol. The molecule has 1 aromatic carbocycles. The van der Waals surface area contributed by atoms with Gasteiger partial charge in [-0.15, -0.1) is 0 Å². The van der Waals surface area contributed by atoms with E-state index in [1.807, 2.05) is 4.90 Å². The van der Waals surface area contributed by atoms with Crippen LogP contribution in [0.4, 0.5) is 10.5 Å². The van der Waals surface area contributed by atoms with Crippen LogP contribution in [0.15, 0.2) is 29.2 Å². The monoisotopic (exact) mass is 395 g/mol. The first-order chi connectivity index (χ1) is 12.8. The van der Waals surface area contributed by atoms with E-state index in [1.165, 1.54) is 24.3 Å². The number of piperazine rings is 1. The number of likely N-dealkylation sites (tertiary alicyclic amines) is 1. The van der Waals surface area contributed by atoms with Gasteiger partial charge < -0.3 is 15.1 Å². The first-order valence-corrected chi connectivity index (χ1v) is 10.6. The summed E-state index contributed by atoms with van der Waals surface area (Å²) in [5.41, 5.74) is 0.499. The van der Waals surface area contributed by atoms with Crippen LogP contribution < -0.4 is 10.5 Å². The van der Waals surface area contributed by atoms with Crippen LogP contribution in [0.1, 0.15) is 12.8 Å². The van der Waals surface area contributed by atoms with Crippen LogP contribution in [0.25, 0.3) is 0 Å². The number of amides is 3. The summed E-state index contributed by atoms with van der Waals surface area (Å²) >= 11 is 0. The van der Waals surface area contributed by atoms with Crippen LogP contribution in [-0.2, 0) is 14.8 Å². The molecule has 2 aliphatic rings. The lowest BCUT2D eigenvalue weighted by atomic mass is 10.3. The molecule has 2 aliphatic heterocycles. The summed E-state index contributed by atoms with van der Waals surface area (Å²) in [6.45, 7) is 4.48. The Morgan fingerprint density at radius 3 is 2.07 bits per heavy atom. The lowest BCUT2D eigenvalue weighted by molar-refractivity contribution is -0.131. The molecule has 0 aromatic heterocycles. The van der Waals surface area contributed by atoms with Gasteiger partial charge >= 0.3 is 6.03 Å². The predicted octanol–water partition coefficient (Wildman–Crippen LogP) is 0.106.